The third-order valence-electron chi connectivity index (χ3n) is 14.8. The Balaban J connectivity index is 1.42. The van der Waals surface area contributed by atoms with Crippen LogP contribution in [0.4, 0.5) is 0 Å². The van der Waals surface area contributed by atoms with E-state index < -0.39 is 16.8 Å². The monoisotopic (exact) mass is 646 g/mol. The fraction of sp³-hybridized carbons (Fsp3) is 0.861. The molecule has 1 N–H and O–H groups in total. The van der Waals surface area contributed by atoms with Gasteiger partial charge in [0.05, 0.1) is 11.8 Å². The fourth-order valence-electron chi connectivity index (χ4n) is 12.3. The highest BCUT2D eigenvalue weighted by molar-refractivity contribution is 9.18. The van der Waals surface area contributed by atoms with Gasteiger partial charge >= 0.3 is 11.9 Å². The van der Waals surface area contributed by atoms with E-state index in [1.807, 2.05) is 0 Å². The number of carboxylic acid groups (broad SMARTS) is 1. The number of aliphatic carboxylic acids is 1. The van der Waals surface area contributed by atoms with E-state index in [0.29, 0.717) is 23.7 Å². The molecule has 0 bridgehead atoms. The minimum absolute atomic E-state index is 0.0796. The van der Waals surface area contributed by atoms with Crippen LogP contribution >= 0.6 is 15.9 Å². The molecule has 0 aromatic carbocycles. The molecule has 5 aliphatic carbocycles. The van der Waals surface area contributed by atoms with Gasteiger partial charge in [0.2, 0.25) is 4.69 Å². The van der Waals surface area contributed by atoms with Gasteiger partial charge in [-0.1, -0.05) is 60.6 Å². The predicted octanol–water partition coefficient (Wildman–Crippen LogP) is 8.98. The van der Waals surface area contributed by atoms with Gasteiger partial charge in [-0.25, -0.2) is 0 Å². The van der Waals surface area contributed by atoms with Crippen LogP contribution in [0, 0.1) is 62.1 Å². The number of hydrogen-bond acceptors (Lipinski definition) is 4. The third-order valence-corrected chi connectivity index (χ3v) is 15.9. The SMILES string of the molecule is C=C(C)[C@@H]1CC[C@]2(C(=O)O)CC[C@]3(C)C(CCC4[C@@]5(C)CC[C@H](OC(=O)CC(C)(C)C(=O)Br)C(C)(C)C5CC[C@]43C)C12. The maximum absolute atomic E-state index is 13.0. The maximum Gasteiger partial charge on any atom is 0.309 e. The van der Waals surface area contributed by atoms with Crippen LogP contribution in [0.1, 0.15) is 126 Å². The van der Waals surface area contributed by atoms with Gasteiger partial charge in [0.15, 0.2) is 0 Å². The molecule has 5 aliphatic rings. The second kappa shape index (κ2) is 10.2. The van der Waals surface area contributed by atoms with E-state index in [9.17, 15) is 19.5 Å². The summed E-state index contributed by atoms with van der Waals surface area (Å²) in [6, 6.07) is 0. The molecule has 5 nitrogen and oxygen atoms in total. The molecule has 6 heteroatoms. The Morgan fingerprint density at radius 2 is 1.55 bits per heavy atom. The molecule has 5 rings (SSSR count). The average molecular weight is 648 g/mol. The summed E-state index contributed by atoms with van der Waals surface area (Å²) < 4.78 is 6.02. The van der Waals surface area contributed by atoms with Crippen molar-refractivity contribution in [2.45, 2.75) is 132 Å². The highest BCUT2D eigenvalue weighted by Gasteiger charge is 2.72. The van der Waals surface area contributed by atoms with Crippen molar-refractivity contribution in [3.05, 3.63) is 12.2 Å². The van der Waals surface area contributed by atoms with Crippen LogP contribution < -0.4 is 0 Å². The Morgan fingerprint density at radius 1 is 0.881 bits per heavy atom. The van der Waals surface area contributed by atoms with Crippen molar-refractivity contribution in [2.24, 2.45) is 62.1 Å². The van der Waals surface area contributed by atoms with Gasteiger partial charge in [-0.2, -0.15) is 0 Å². The van der Waals surface area contributed by atoms with Crippen molar-refractivity contribution in [1.82, 2.24) is 0 Å². The Bertz CT molecular complexity index is 1170. The van der Waals surface area contributed by atoms with Gasteiger partial charge in [-0.05, 0) is 133 Å². The van der Waals surface area contributed by atoms with E-state index in [4.69, 9.17) is 4.74 Å². The zero-order chi connectivity index (χ0) is 31.3. The highest BCUT2D eigenvalue weighted by atomic mass is 79.9. The highest BCUT2D eigenvalue weighted by Crippen LogP contribution is 2.77. The topological polar surface area (TPSA) is 80.7 Å². The van der Waals surface area contributed by atoms with Crippen molar-refractivity contribution in [2.75, 3.05) is 0 Å². The lowest BCUT2D eigenvalue weighted by molar-refractivity contribution is -0.250. The first-order valence-corrected chi connectivity index (χ1v) is 17.4. The first-order valence-electron chi connectivity index (χ1n) is 16.6. The summed E-state index contributed by atoms with van der Waals surface area (Å²) in [4.78, 5) is 37.9. The van der Waals surface area contributed by atoms with E-state index in [1.165, 1.54) is 5.57 Å². The average Bonchev–Trinajstić information content (AvgIpc) is 3.27. The van der Waals surface area contributed by atoms with E-state index in [0.717, 1.165) is 64.2 Å². The van der Waals surface area contributed by atoms with Gasteiger partial charge in [-0.15, -0.1) is 0 Å². The van der Waals surface area contributed by atoms with Gasteiger partial charge in [0.25, 0.3) is 0 Å². The van der Waals surface area contributed by atoms with E-state index in [2.05, 4.69) is 64.1 Å². The molecule has 0 aromatic rings. The number of carbonyl (C=O) groups is 3. The fourth-order valence-corrected chi connectivity index (χ4v) is 12.5. The molecule has 4 unspecified atom stereocenters. The first kappa shape index (κ1) is 32.2. The predicted molar refractivity (Wildman–Crippen MR) is 169 cm³/mol. The second-order valence-electron chi connectivity index (χ2n) is 17.3. The molecule has 0 spiro atoms. The zero-order valence-corrected chi connectivity index (χ0v) is 29.0. The minimum atomic E-state index is -0.786. The summed E-state index contributed by atoms with van der Waals surface area (Å²) in [5.74, 6) is 1.07. The molecule has 0 saturated heterocycles. The van der Waals surface area contributed by atoms with Crippen LogP contribution in [0.3, 0.4) is 0 Å². The van der Waals surface area contributed by atoms with Crippen LogP contribution in [0.25, 0.3) is 0 Å². The van der Waals surface area contributed by atoms with Crippen molar-refractivity contribution in [3.8, 4) is 0 Å². The number of halogens is 1. The van der Waals surface area contributed by atoms with Crippen molar-refractivity contribution in [1.29, 1.82) is 0 Å². The lowest BCUT2D eigenvalue weighted by atomic mass is 9.32. The normalized spacial score (nSPS) is 45.9. The summed E-state index contributed by atoms with van der Waals surface area (Å²) in [5, 5.41) is 10.6. The van der Waals surface area contributed by atoms with Crippen LogP contribution in [0.2, 0.25) is 0 Å². The van der Waals surface area contributed by atoms with E-state index in [-0.39, 0.29) is 50.8 Å². The van der Waals surface area contributed by atoms with Crippen LogP contribution in [0.5, 0.6) is 0 Å². The Labute approximate surface area is 262 Å². The standard InChI is InChI=1S/C36H55BrO5/c1-21(2)22-12-17-36(30(40)41)19-18-34(8)23(28(22)36)10-11-25-33(7)15-14-26(42-27(38)20-31(3,4)29(37)39)32(5,6)24(33)13-16-35(25,34)9/h22-26,28H,1,10-20H2,2-9H3,(H,40,41)/t22-,23?,24?,25?,26-,28?,33-,34+,35+,36-/m0/s1. The molecule has 5 saturated carbocycles. The maximum atomic E-state index is 13.0. The molecule has 0 aliphatic heterocycles. The van der Waals surface area contributed by atoms with Crippen LogP contribution in [-0.4, -0.2) is 27.8 Å². The number of fused-ring (bicyclic) bond motifs is 7. The number of carbonyl (C=O) groups excluding carboxylic acids is 2. The summed E-state index contributed by atoms with van der Waals surface area (Å²) in [7, 11) is 0. The van der Waals surface area contributed by atoms with Crippen molar-refractivity contribution >= 4 is 32.6 Å². The number of rotatable bonds is 6. The number of allylic oxidation sites excluding steroid dienone is 1. The largest absolute Gasteiger partial charge is 0.481 e. The Kier molecular flexibility index (Phi) is 7.81. The Hall–Kier alpha value is -1.17. The number of hydrogen-bond donors (Lipinski definition) is 1. The molecule has 10 atom stereocenters. The molecule has 0 heterocycles. The van der Waals surface area contributed by atoms with Gasteiger partial charge in [-0.3, -0.25) is 14.4 Å². The smallest absolute Gasteiger partial charge is 0.309 e. The van der Waals surface area contributed by atoms with Gasteiger partial charge < -0.3 is 9.84 Å². The summed E-state index contributed by atoms with van der Waals surface area (Å²) in [6.07, 6.45) is 9.89. The minimum Gasteiger partial charge on any atom is -0.481 e. The van der Waals surface area contributed by atoms with Gasteiger partial charge in [0, 0.05) is 10.8 Å². The van der Waals surface area contributed by atoms with Crippen LogP contribution in [-0.2, 0) is 19.1 Å². The van der Waals surface area contributed by atoms with Crippen molar-refractivity contribution < 1.29 is 24.2 Å². The lowest BCUT2D eigenvalue weighted by Crippen LogP contribution is -2.67. The quantitative estimate of drug-likeness (QED) is 0.177. The molecule has 5 fully saturated rings. The first-order chi connectivity index (χ1) is 19.3. The molecule has 0 aromatic heterocycles. The van der Waals surface area contributed by atoms with Gasteiger partial charge in [0.1, 0.15) is 6.10 Å². The number of esters is 1. The van der Waals surface area contributed by atoms with Crippen LogP contribution in [0.15, 0.2) is 12.2 Å². The third kappa shape index (κ3) is 4.37. The summed E-state index contributed by atoms with van der Waals surface area (Å²) in [5.41, 5.74) is 0.0336. The second-order valence-corrected chi connectivity index (χ2v) is 18.0. The number of carboxylic acids is 1. The molecule has 0 radical (unpaired) electrons. The molecular weight excluding hydrogens is 592 g/mol. The van der Waals surface area contributed by atoms with Crippen molar-refractivity contribution in [3.63, 3.8) is 0 Å². The van der Waals surface area contributed by atoms with E-state index >= 15 is 0 Å². The lowest BCUT2D eigenvalue weighted by Gasteiger charge is -2.72. The zero-order valence-electron chi connectivity index (χ0n) is 27.4. The molecular formula is C36H55BrO5. The van der Waals surface area contributed by atoms with E-state index in [1.54, 1.807) is 13.8 Å². The molecule has 42 heavy (non-hydrogen) atoms. The Morgan fingerprint density at radius 3 is 2.14 bits per heavy atom. The molecule has 0 amide bonds. The molecule has 236 valence electrons. The summed E-state index contributed by atoms with van der Waals surface area (Å²) in [6.45, 7) is 22.3. The number of ether oxygens (including phenoxy) is 1. The summed E-state index contributed by atoms with van der Waals surface area (Å²) >= 11 is 3.05.